The van der Waals surface area contributed by atoms with Crippen molar-refractivity contribution in [2.75, 3.05) is 44.3 Å². The number of imidazole rings is 1. The maximum absolute atomic E-state index is 12.2. The summed E-state index contributed by atoms with van der Waals surface area (Å²) in [6, 6.07) is 11.6. The second-order valence-corrected chi connectivity index (χ2v) is 9.47. The minimum absolute atomic E-state index is 0.0125. The van der Waals surface area contributed by atoms with Crippen LogP contribution in [0.5, 0.6) is 5.75 Å². The van der Waals surface area contributed by atoms with Crippen molar-refractivity contribution in [3.63, 3.8) is 0 Å². The molecule has 0 saturated heterocycles. The van der Waals surface area contributed by atoms with Crippen LogP contribution in [0.4, 0.5) is 11.5 Å². The number of ether oxygens (including phenoxy) is 1. The fourth-order valence-corrected chi connectivity index (χ4v) is 4.60. The van der Waals surface area contributed by atoms with Gasteiger partial charge in [0.05, 0.1) is 30.2 Å². The summed E-state index contributed by atoms with van der Waals surface area (Å²) < 4.78 is 7.28. The van der Waals surface area contributed by atoms with Gasteiger partial charge in [-0.1, -0.05) is 11.6 Å². The Morgan fingerprint density at radius 2 is 1.92 bits per heavy atom. The highest BCUT2D eigenvalue weighted by molar-refractivity contribution is 6.31. The van der Waals surface area contributed by atoms with E-state index in [1.54, 1.807) is 13.4 Å². The number of nitrogen functional groups attached to an aromatic ring is 1. The number of hydrogen-bond donors (Lipinski definition) is 4. The van der Waals surface area contributed by atoms with E-state index in [1.165, 1.54) is 6.33 Å². The number of carbonyl (C=O) groups excluding carboxylic acids is 1. The van der Waals surface area contributed by atoms with E-state index < -0.39 is 0 Å². The van der Waals surface area contributed by atoms with Gasteiger partial charge in [-0.3, -0.25) is 4.79 Å². The first-order chi connectivity index (χ1) is 19.0. The van der Waals surface area contributed by atoms with Crippen LogP contribution in [-0.2, 0) is 11.3 Å². The lowest BCUT2D eigenvalue weighted by Crippen LogP contribution is -2.30. The van der Waals surface area contributed by atoms with Gasteiger partial charge in [-0.05, 0) is 49.4 Å². The van der Waals surface area contributed by atoms with Gasteiger partial charge < -0.3 is 31.0 Å². The van der Waals surface area contributed by atoms with Crippen molar-refractivity contribution in [3.05, 3.63) is 54.1 Å². The minimum Gasteiger partial charge on any atom is -0.497 e. The van der Waals surface area contributed by atoms with Crippen LogP contribution in [0.1, 0.15) is 12.8 Å². The van der Waals surface area contributed by atoms with Gasteiger partial charge in [-0.15, -0.1) is 0 Å². The number of nitrogens with zero attached hydrogens (tertiary/aromatic N) is 5. The Labute approximate surface area is 230 Å². The molecule has 0 aliphatic rings. The van der Waals surface area contributed by atoms with E-state index in [2.05, 4.69) is 30.9 Å². The second kappa shape index (κ2) is 12.1. The van der Waals surface area contributed by atoms with E-state index in [9.17, 15) is 4.79 Å². The molecule has 11 nitrogen and oxygen atoms in total. The number of nitrogens with two attached hydrogens (primary N) is 1. The summed E-state index contributed by atoms with van der Waals surface area (Å²) in [6.45, 7) is 3.15. The number of anilines is 2. The van der Waals surface area contributed by atoms with E-state index >= 15 is 0 Å². The molecule has 5 aromatic rings. The molecule has 0 aliphatic heterocycles. The van der Waals surface area contributed by atoms with Crippen LogP contribution in [0.25, 0.3) is 33.0 Å². The number of amides is 1. The van der Waals surface area contributed by atoms with Crippen molar-refractivity contribution < 1.29 is 9.53 Å². The molecule has 5 rings (SSSR count). The van der Waals surface area contributed by atoms with Crippen LogP contribution in [0, 0.1) is 0 Å². The summed E-state index contributed by atoms with van der Waals surface area (Å²) in [4.78, 5) is 29.4. The van der Waals surface area contributed by atoms with Gasteiger partial charge in [0, 0.05) is 48.4 Å². The van der Waals surface area contributed by atoms with E-state index in [0.717, 1.165) is 52.8 Å². The van der Waals surface area contributed by atoms with Crippen LogP contribution < -0.4 is 26.4 Å². The summed E-state index contributed by atoms with van der Waals surface area (Å²) in [7, 11) is 1.65. The molecule has 1 amide bonds. The van der Waals surface area contributed by atoms with Gasteiger partial charge >= 0.3 is 0 Å². The number of nitrogens with one attached hydrogen (secondary N) is 3. The molecule has 5 N–H and O–H groups in total. The zero-order valence-electron chi connectivity index (χ0n) is 21.6. The maximum atomic E-state index is 12.2. The van der Waals surface area contributed by atoms with Crippen LogP contribution in [0.15, 0.2) is 49.1 Å². The molecule has 0 spiro atoms. The highest BCUT2D eigenvalue weighted by atomic mass is 35.5. The molecule has 0 fully saturated rings. The largest absolute Gasteiger partial charge is 0.497 e. The molecule has 3 heterocycles. The zero-order chi connectivity index (χ0) is 27.2. The number of halogens is 1. The molecular weight excluding hydrogens is 518 g/mol. The van der Waals surface area contributed by atoms with Crippen molar-refractivity contribution in [2.45, 2.75) is 19.4 Å². The van der Waals surface area contributed by atoms with E-state index in [1.807, 2.05) is 41.0 Å². The first-order valence-electron chi connectivity index (χ1n) is 12.7. The minimum atomic E-state index is -0.0125. The summed E-state index contributed by atoms with van der Waals surface area (Å²) in [5.74, 6) is 1.11. The van der Waals surface area contributed by atoms with Crippen molar-refractivity contribution in [1.29, 1.82) is 0 Å². The Kier molecular flexibility index (Phi) is 8.18. The van der Waals surface area contributed by atoms with Crippen LogP contribution in [0.2, 0.25) is 5.02 Å². The van der Waals surface area contributed by atoms with E-state index in [4.69, 9.17) is 27.1 Å². The van der Waals surface area contributed by atoms with Crippen LogP contribution in [0.3, 0.4) is 0 Å². The first kappa shape index (κ1) is 26.4. The molecule has 3 aromatic heterocycles. The van der Waals surface area contributed by atoms with Gasteiger partial charge in [0.25, 0.3) is 0 Å². The van der Waals surface area contributed by atoms with E-state index in [0.29, 0.717) is 48.1 Å². The van der Waals surface area contributed by atoms with Crippen molar-refractivity contribution in [2.24, 2.45) is 0 Å². The van der Waals surface area contributed by atoms with Crippen LogP contribution >= 0.6 is 11.6 Å². The van der Waals surface area contributed by atoms with Gasteiger partial charge in [0.15, 0.2) is 11.5 Å². The summed E-state index contributed by atoms with van der Waals surface area (Å²) >= 11 is 6.22. The molecule has 0 saturated carbocycles. The third-order valence-corrected chi connectivity index (χ3v) is 6.64. The maximum Gasteiger partial charge on any atom is 0.221 e. The Bertz CT molecular complexity index is 1620. The number of aromatic nitrogens is 5. The molecular formula is C27H30ClN9O2. The number of hydrogen-bond acceptors (Lipinski definition) is 9. The lowest BCUT2D eigenvalue weighted by atomic mass is 10.1. The van der Waals surface area contributed by atoms with Gasteiger partial charge in [-0.2, -0.15) is 0 Å². The number of methoxy groups -OCH3 is 1. The molecule has 12 heteroatoms. The van der Waals surface area contributed by atoms with Gasteiger partial charge in [0.2, 0.25) is 5.91 Å². The molecule has 202 valence electrons. The summed E-state index contributed by atoms with van der Waals surface area (Å²) in [5, 5.41) is 12.5. The van der Waals surface area contributed by atoms with Gasteiger partial charge in [-0.25, -0.2) is 19.9 Å². The lowest BCUT2D eigenvalue weighted by Gasteiger charge is -2.14. The summed E-state index contributed by atoms with van der Waals surface area (Å²) in [6.07, 6.45) is 4.33. The lowest BCUT2D eigenvalue weighted by molar-refractivity contribution is -0.121. The highest BCUT2D eigenvalue weighted by Crippen LogP contribution is 2.34. The predicted octanol–water partition coefficient (Wildman–Crippen LogP) is 3.37. The van der Waals surface area contributed by atoms with Crippen molar-refractivity contribution >= 4 is 62.0 Å². The molecule has 0 radical (unpaired) electrons. The smallest absolute Gasteiger partial charge is 0.221 e. The third kappa shape index (κ3) is 6.10. The molecule has 39 heavy (non-hydrogen) atoms. The second-order valence-electron chi connectivity index (χ2n) is 9.03. The number of pyridine rings is 1. The standard InChI is InChI=1S/C27H30ClN9O2/c1-39-18-4-6-21-20(14-18)24(19-5-3-17(28)13-22(19)36-21)32-9-2-8-30-10-7-23(38)31-11-12-37-16-35-25-26(29)33-15-34-27(25)37/h3-6,13-16,30H,2,7-12H2,1H3,(H,31,38)(H,32,36)(H2,29,33,34). The monoisotopic (exact) mass is 547 g/mol. The number of benzene rings is 2. The summed E-state index contributed by atoms with van der Waals surface area (Å²) in [5.41, 5.74) is 9.75. The quantitative estimate of drug-likeness (QED) is 0.136. The Morgan fingerprint density at radius 3 is 2.79 bits per heavy atom. The fourth-order valence-electron chi connectivity index (χ4n) is 4.43. The third-order valence-electron chi connectivity index (χ3n) is 6.41. The topological polar surface area (TPSA) is 145 Å². The normalized spacial score (nSPS) is 11.3. The molecule has 0 aliphatic carbocycles. The molecule has 0 unspecified atom stereocenters. The average molecular weight is 548 g/mol. The van der Waals surface area contributed by atoms with Crippen molar-refractivity contribution in [1.82, 2.24) is 35.1 Å². The Morgan fingerprint density at radius 1 is 1.03 bits per heavy atom. The Hall–Kier alpha value is -4.22. The predicted molar refractivity (Wildman–Crippen MR) is 154 cm³/mol. The Balaban J connectivity index is 1.06. The van der Waals surface area contributed by atoms with E-state index in [-0.39, 0.29) is 5.91 Å². The number of rotatable bonds is 12. The van der Waals surface area contributed by atoms with Crippen LogP contribution in [-0.4, -0.2) is 63.7 Å². The van der Waals surface area contributed by atoms with Crippen molar-refractivity contribution in [3.8, 4) is 5.75 Å². The SMILES string of the molecule is COc1ccc2nc3cc(Cl)ccc3c(NCCCNCCC(=O)NCCn3cnc4c(N)ncnc43)c2c1. The highest BCUT2D eigenvalue weighted by Gasteiger charge is 2.11. The zero-order valence-corrected chi connectivity index (χ0v) is 22.3. The molecule has 2 aromatic carbocycles. The number of fused-ring (bicyclic) bond motifs is 3. The first-order valence-corrected chi connectivity index (χ1v) is 13.1. The van der Waals surface area contributed by atoms with Gasteiger partial charge in [0.1, 0.15) is 17.6 Å². The average Bonchev–Trinajstić information content (AvgIpc) is 3.36. The fraction of sp³-hybridized carbons (Fsp3) is 0.296. The molecule has 0 bridgehead atoms. The number of carbonyl (C=O) groups is 1. The molecule has 0 atom stereocenters.